The van der Waals surface area contributed by atoms with Gasteiger partial charge in [-0.1, -0.05) is 37.3 Å². The van der Waals surface area contributed by atoms with Gasteiger partial charge in [0.05, 0.1) is 18.2 Å². The number of halogens is 1. The summed E-state index contributed by atoms with van der Waals surface area (Å²) in [4.78, 5) is 12.3. The summed E-state index contributed by atoms with van der Waals surface area (Å²) in [6.07, 6.45) is 3.11. The van der Waals surface area contributed by atoms with Gasteiger partial charge in [0.2, 0.25) is 0 Å². The molecule has 2 aromatic rings. The van der Waals surface area contributed by atoms with Gasteiger partial charge >= 0.3 is 0 Å². The molecule has 0 aliphatic rings. The molecule has 0 unspecified atom stereocenters. The third kappa shape index (κ3) is 6.14. The van der Waals surface area contributed by atoms with E-state index in [9.17, 15) is 10.1 Å². The van der Waals surface area contributed by atoms with E-state index in [2.05, 4.69) is 21.2 Å². The molecule has 0 radical (unpaired) electrons. The van der Waals surface area contributed by atoms with Gasteiger partial charge in [0.25, 0.3) is 5.91 Å². The van der Waals surface area contributed by atoms with Gasteiger partial charge < -0.3 is 14.8 Å². The number of benzene rings is 2. The van der Waals surface area contributed by atoms with Crippen LogP contribution in [0.5, 0.6) is 11.5 Å². The minimum atomic E-state index is -0.403. The average Bonchev–Trinajstić information content (AvgIpc) is 2.71. The number of carbonyl (C=O) groups is 1. The van der Waals surface area contributed by atoms with Gasteiger partial charge in [0.15, 0.2) is 11.5 Å². The molecule has 2 rings (SSSR count). The molecule has 0 bridgehead atoms. The largest absolute Gasteiger partial charge is 0.493 e. The Balaban J connectivity index is 2.11. The molecule has 0 heterocycles. The van der Waals surface area contributed by atoms with E-state index < -0.39 is 5.91 Å². The first kappa shape index (κ1) is 21.5. The molecule has 1 N–H and O–H groups in total. The molecule has 5 nitrogen and oxygen atoms in total. The summed E-state index contributed by atoms with van der Waals surface area (Å²) in [5.41, 5.74) is 1.83. The first-order chi connectivity index (χ1) is 13.6. The Hall–Kier alpha value is -2.78. The van der Waals surface area contributed by atoms with E-state index >= 15 is 0 Å². The van der Waals surface area contributed by atoms with Crippen molar-refractivity contribution >= 4 is 27.9 Å². The zero-order valence-electron chi connectivity index (χ0n) is 16.0. The van der Waals surface area contributed by atoms with Crippen LogP contribution in [0.4, 0.5) is 0 Å². The smallest absolute Gasteiger partial charge is 0.261 e. The van der Waals surface area contributed by atoms with Crippen molar-refractivity contribution in [1.29, 1.82) is 5.26 Å². The van der Waals surface area contributed by atoms with Crippen LogP contribution in [0, 0.1) is 11.3 Å². The van der Waals surface area contributed by atoms with E-state index in [1.807, 2.05) is 43.3 Å². The molecular formula is C22H23BrN2O3. The summed E-state index contributed by atoms with van der Waals surface area (Å²) >= 11 is 3.47. The van der Waals surface area contributed by atoms with Crippen molar-refractivity contribution in [3.05, 3.63) is 63.6 Å². The van der Waals surface area contributed by atoms with Crippen LogP contribution < -0.4 is 14.8 Å². The minimum Gasteiger partial charge on any atom is -0.493 e. The topological polar surface area (TPSA) is 71.3 Å². The third-order valence-corrected chi connectivity index (χ3v) is 4.51. The second-order valence-electron chi connectivity index (χ2n) is 6.04. The number of hydrogen-bond acceptors (Lipinski definition) is 4. The minimum absolute atomic E-state index is 0.0317. The number of nitrogens with one attached hydrogen (secondary N) is 1. The van der Waals surface area contributed by atoms with Crippen LogP contribution in [0.15, 0.2) is 52.5 Å². The highest BCUT2D eigenvalue weighted by Crippen LogP contribution is 2.37. The average molecular weight is 443 g/mol. The van der Waals surface area contributed by atoms with E-state index in [1.54, 1.807) is 19.2 Å². The number of nitrogens with zero attached hydrogens (tertiary/aromatic N) is 1. The van der Waals surface area contributed by atoms with Crippen LogP contribution in [0.2, 0.25) is 0 Å². The van der Waals surface area contributed by atoms with Crippen LogP contribution in [-0.4, -0.2) is 26.2 Å². The van der Waals surface area contributed by atoms with Crippen LogP contribution in [0.25, 0.3) is 6.08 Å². The van der Waals surface area contributed by atoms with Gasteiger partial charge in [-0.3, -0.25) is 4.79 Å². The van der Waals surface area contributed by atoms with E-state index in [0.717, 1.165) is 12.0 Å². The summed E-state index contributed by atoms with van der Waals surface area (Å²) in [6.45, 7) is 3.04. The molecule has 2 aromatic carbocycles. The first-order valence-electron chi connectivity index (χ1n) is 9.03. The Kier molecular flexibility index (Phi) is 8.57. The predicted octanol–water partition coefficient (Wildman–Crippen LogP) is 4.51. The molecule has 0 saturated heterocycles. The number of rotatable bonds is 9. The molecular weight excluding hydrogens is 420 g/mol. The van der Waals surface area contributed by atoms with Crippen molar-refractivity contribution in [1.82, 2.24) is 5.32 Å². The zero-order chi connectivity index (χ0) is 20.4. The van der Waals surface area contributed by atoms with E-state index in [0.29, 0.717) is 41.1 Å². The first-order valence-corrected chi connectivity index (χ1v) is 9.82. The molecule has 28 heavy (non-hydrogen) atoms. The lowest BCUT2D eigenvalue weighted by Gasteiger charge is -2.13. The molecule has 0 spiro atoms. The molecule has 0 atom stereocenters. The van der Waals surface area contributed by atoms with Crippen molar-refractivity contribution in [2.24, 2.45) is 0 Å². The molecule has 146 valence electrons. The number of ether oxygens (including phenoxy) is 2. The third-order valence-electron chi connectivity index (χ3n) is 3.92. The molecule has 1 amide bonds. The maximum atomic E-state index is 12.3. The quantitative estimate of drug-likeness (QED) is 0.457. The fourth-order valence-corrected chi connectivity index (χ4v) is 3.12. The molecule has 6 heteroatoms. The summed E-state index contributed by atoms with van der Waals surface area (Å²) in [5, 5.41) is 12.2. The summed E-state index contributed by atoms with van der Waals surface area (Å²) in [6, 6.07) is 15.4. The van der Waals surface area contributed by atoms with Crippen molar-refractivity contribution in [3.63, 3.8) is 0 Å². The number of carbonyl (C=O) groups excluding carboxylic acids is 1. The van der Waals surface area contributed by atoms with Gasteiger partial charge in [-0.2, -0.15) is 5.26 Å². The molecule has 0 aliphatic heterocycles. The van der Waals surface area contributed by atoms with Crippen LogP contribution in [0.1, 0.15) is 24.5 Å². The summed E-state index contributed by atoms with van der Waals surface area (Å²) in [7, 11) is 1.55. The Morgan fingerprint density at radius 1 is 1.29 bits per heavy atom. The van der Waals surface area contributed by atoms with Crippen molar-refractivity contribution in [2.75, 3.05) is 20.3 Å². The number of methoxy groups -OCH3 is 1. The van der Waals surface area contributed by atoms with Crippen LogP contribution in [0.3, 0.4) is 0 Å². The molecule has 0 aromatic heterocycles. The van der Waals surface area contributed by atoms with Gasteiger partial charge in [-0.25, -0.2) is 0 Å². The normalized spacial score (nSPS) is 10.9. The van der Waals surface area contributed by atoms with Crippen LogP contribution >= 0.6 is 15.9 Å². The van der Waals surface area contributed by atoms with Crippen molar-refractivity contribution in [3.8, 4) is 17.6 Å². The highest BCUT2D eigenvalue weighted by Gasteiger charge is 2.13. The molecule has 0 fully saturated rings. The van der Waals surface area contributed by atoms with E-state index in [4.69, 9.17) is 9.47 Å². The highest BCUT2D eigenvalue weighted by atomic mass is 79.9. The summed E-state index contributed by atoms with van der Waals surface area (Å²) in [5.74, 6) is 0.739. The second-order valence-corrected chi connectivity index (χ2v) is 6.90. The van der Waals surface area contributed by atoms with Gasteiger partial charge in [0, 0.05) is 6.54 Å². The number of nitriles is 1. The lowest BCUT2D eigenvalue weighted by Crippen LogP contribution is -2.26. The Labute approximate surface area is 174 Å². The Morgan fingerprint density at radius 3 is 2.68 bits per heavy atom. The monoisotopic (exact) mass is 442 g/mol. The van der Waals surface area contributed by atoms with Gasteiger partial charge in [0.1, 0.15) is 11.6 Å². The maximum Gasteiger partial charge on any atom is 0.261 e. The SMILES string of the molecule is CCCOc1c(Br)cc(/C=C(\C#N)C(=O)NCCc2ccccc2)cc1OC. The zero-order valence-corrected chi connectivity index (χ0v) is 17.6. The van der Waals surface area contributed by atoms with E-state index in [-0.39, 0.29) is 5.57 Å². The Morgan fingerprint density at radius 2 is 2.04 bits per heavy atom. The van der Waals surface area contributed by atoms with Gasteiger partial charge in [-0.15, -0.1) is 0 Å². The van der Waals surface area contributed by atoms with Gasteiger partial charge in [-0.05, 0) is 58.1 Å². The molecule has 0 saturated carbocycles. The molecule has 0 aliphatic carbocycles. The van der Waals surface area contributed by atoms with Crippen molar-refractivity contribution in [2.45, 2.75) is 19.8 Å². The number of amides is 1. The lowest BCUT2D eigenvalue weighted by atomic mass is 10.1. The predicted molar refractivity (Wildman–Crippen MR) is 113 cm³/mol. The second kappa shape index (κ2) is 11.2. The Bertz CT molecular complexity index is 873. The highest BCUT2D eigenvalue weighted by molar-refractivity contribution is 9.10. The lowest BCUT2D eigenvalue weighted by molar-refractivity contribution is -0.117. The summed E-state index contributed by atoms with van der Waals surface area (Å²) < 4.78 is 11.8. The van der Waals surface area contributed by atoms with E-state index in [1.165, 1.54) is 6.08 Å². The maximum absolute atomic E-state index is 12.3. The standard InChI is InChI=1S/C22H23BrN2O3/c1-3-11-28-21-19(23)13-17(14-20(21)27-2)12-18(15-24)22(26)25-10-9-16-7-5-4-6-8-16/h4-8,12-14H,3,9-11H2,1-2H3,(H,25,26)/b18-12+. The van der Waals surface area contributed by atoms with Crippen molar-refractivity contribution < 1.29 is 14.3 Å². The number of hydrogen-bond donors (Lipinski definition) is 1. The fourth-order valence-electron chi connectivity index (χ4n) is 2.54. The van der Waals surface area contributed by atoms with Crippen LogP contribution in [-0.2, 0) is 11.2 Å². The fraction of sp³-hybridized carbons (Fsp3) is 0.273.